The van der Waals surface area contributed by atoms with Gasteiger partial charge in [0.1, 0.15) is 17.1 Å². The molecule has 6 atom stereocenters. The van der Waals surface area contributed by atoms with Crippen LogP contribution in [-0.4, -0.2) is 59.5 Å². The zero-order valence-electron chi connectivity index (χ0n) is 19.8. The van der Waals surface area contributed by atoms with Crippen molar-refractivity contribution in [2.45, 2.75) is 69.6 Å². The van der Waals surface area contributed by atoms with Gasteiger partial charge in [0.25, 0.3) is 0 Å². The monoisotopic (exact) mass is 516 g/mol. The van der Waals surface area contributed by atoms with Gasteiger partial charge in [0, 0.05) is 47.5 Å². The first-order valence-corrected chi connectivity index (χ1v) is 12.7. The molecular formula is C26H33BrN2O4. The second-order valence-corrected chi connectivity index (χ2v) is 11.3. The standard InChI is InChI=1S/C26H33BrN2O4/c1-5-7-24-8-6-10-29-11-9-25(23(24)29)17-13-18(27)20(33-4)14-19(17)28-22(25)26(32,16(3)31)21(24)12-15(2)30/h6,8,13-14,21-23,28,32H,5,7,9-12H2,1-4H3. The van der Waals surface area contributed by atoms with Gasteiger partial charge in [0.15, 0.2) is 5.78 Å². The fourth-order valence-corrected chi connectivity index (χ4v) is 8.51. The number of nitrogens with one attached hydrogen (secondary N) is 1. The first-order chi connectivity index (χ1) is 15.7. The maximum absolute atomic E-state index is 13.4. The fraction of sp³-hybridized carbons (Fsp3) is 0.615. The Morgan fingerprint density at radius 2 is 2.09 bits per heavy atom. The number of benzene rings is 1. The highest BCUT2D eigenvalue weighted by Gasteiger charge is 2.76. The number of hydrogen-bond acceptors (Lipinski definition) is 6. The fourth-order valence-electron chi connectivity index (χ4n) is 8.00. The zero-order chi connectivity index (χ0) is 23.8. The Balaban J connectivity index is 1.84. The van der Waals surface area contributed by atoms with E-state index in [1.807, 2.05) is 6.07 Å². The number of carbonyl (C=O) groups is 2. The third kappa shape index (κ3) is 2.79. The van der Waals surface area contributed by atoms with E-state index in [0.29, 0.717) is 5.75 Å². The Labute approximate surface area is 203 Å². The van der Waals surface area contributed by atoms with Crippen molar-refractivity contribution in [3.63, 3.8) is 0 Å². The van der Waals surface area contributed by atoms with Gasteiger partial charge in [-0.15, -0.1) is 0 Å². The summed E-state index contributed by atoms with van der Waals surface area (Å²) in [4.78, 5) is 28.5. The first-order valence-electron chi connectivity index (χ1n) is 12.0. The molecule has 0 bridgehead atoms. The van der Waals surface area contributed by atoms with Crippen LogP contribution < -0.4 is 10.1 Å². The van der Waals surface area contributed by atoms with E-state index in [2.05, 4.69) is 51.3 Å². The Hall–Kier alpha value is -1.70. The van der Waals surface area contributed by atoms with Gasteiger partial charge in [0.2, 0.25) is 0 Å². The molecule has 1 spiro atoms. The number of ketones is 2. The van der Waals surface area contributed by atoms with Crippen molar-refractivity contribution in [2.75, 3.05) is 25.5 Å². The molecule has 1 saturated carbocycles. The Bertz CT molecular complexity index is 1060. The van der Waals surface area contributed by atoms with E-state index in [1.54, 1.807) is 14.0 Å². The van der Waals surface area contributed by atoms with Gasteiger partial charge in [-0.1, -0.05) is 25.5 Å². The predicted molar refractivity (Wildman–Crippen MR) is 131 cm³/mol. The maximum Gasteiger partial charge on any atom is 0.163 e. The van der Waals surface area contributed by atoms with Crippen LogP contribution >= 0.6 is 15.9 Å². The van der Waals surface area contributed by atoms with Crippen molar-refractivity contribution in [3.8, 4) is 5.75 Å². The van der Waals surface area contributed by atoms with E-state index >= 15 is 0 Å². The molecule has 1 aromatic carbocycles. The highest BCUT2D eigenvalue weighted by atomic mass is 79.9. The van der Waals surface area contributed by atoms with E-state index in [0.717, 1.165) is 48.1 Å². The minimum atomic E-state index is -1.67. The molecule has 5 rings (SSSR count). The smallest absolute Gasteiger partial charge is 0.163 e. The van der Waals surface area contributed by atoms with Crippen LogP contribution in [0.5, 0.6) is 5.75 Å². The maximum atomic E-state index is 13.4. The lowest BCUT2D eigenvalue weighted by molar-refractivity contribution is -0.178. The van der Waals surface area contributed by atoms with E-state index in [4.69, 9.17) is 4.74 Å². The van der Waals surface area contributed by atoms with Crippen LogP contribution in [0.4, 0.5) is 5.69 Å². The number of rotatable bonds is 6. The molecule has 7 heteroatoms. The second kappa shape index (κ2) is 7.65. The van der Waals surface area contributed by atoms with Gasteiger partial charge < -0.3 is 20.0 Å². The quantitative estimate of drug-likeness (QED) is 0.559. The van der Waals surface area contributed by atoms with E-state index in [-0.39, 0.29) is 24.0 Å². The molecule has 6 nitrogen and oxygen atoms in total. The predicted octanol–water partition coefficient (Wildman–Crippen LogP) is 3.85. The summed E-state index contributed by atoms with van der Waals surface area (Å²) in [6, 6.07) is 3.67. The molecular weight excluding hydrogens is 484 g/mol. The van der Waals surface area contributed by atoms with Gasteiger partial charge in [-0.25, -0.2) is 0 Å². The van der Waals surface area contributed by atoms with Crippen molar-refractivity contribution in [1.29, 1.82) is 0 Å². The third-order valence-corrected chi connectivity index (χ3v) is 9.53. The number of halogens is 1. The SMILES string of the molecule is CCCC12C=CCN3CCC4(c5cc(Br)c(OC)cc5NC4C(O)(C(C)=O)C1CC(C)=O)C32. The average molecular weight is 517 g/mol. The summed E-state index contributed by atoms with van der Waals surface area (Å²) < 4.78 is 6.42. The van der Waals surface area contributed by atoms with Crippen LogP contribution in [0.15, 0.2) is 28.8 Å². The number of fused-ring (bicyclic) bond motifs is 1. The number of anilines is 1. The van der Waals surface area contributed by atoms with Gasteiger partial charge in [-0.2, -0.15) is 0 Å². The largest absolute Gasteiger partial charge is 0.495 e. The van der Waals surface area contributed by atoms with E-state index in [9.17, 15) is 14.7 Å². The van der Waals surface area contributed by atoms with Crippen LogP contribution in [0.25, 0.3) is 0 Å². The highest BCUT2D eigenvalue weighted by molar-refractivity contribution is 9.10. The molecule has 1 aliphatic carbocycles. The molecule has 6 unspecified atom stereocenters. The molecule has 3 aliphatic heterocycles. The summed E-state index contributed by atoms with van der Waals surface area (Å²) in [6.45, 7) is 6.95. The summed E-state index contributed by atoms with van der Waals surface area (Å²) in [5, 5.41) is 16.1. The van der Waals surface area contributed by atoms with Crippen molar-refractivity contribution >= 4 is 33.2 Å². The summed E-state index contributed by atoms with van der Waals surface area (Å²) in [6.07, 6.45) is 7.19. The molecule has 1 aromatic rings. The van der Waals surface area contributed by atoms with Gasteiger partial charge >= 0.3 is 0 Å². The molecule has 33 heavy (non-hydrogen) atoms. The summed E-state index contributed by atoms with van der Waals surface area (Å²) in [5.41, 5.74) is -0.553. The average Bonchev–Trinajstić information content (AvgIpc) is 3.31. The Morgan fingerprint density at radius 3 is 2.73 bits per heavy atom. The van der Waals surface area contributed by atoms with Gasteiger partial charge in [-0.3, -0.25) is 9.69 Å². The number of nitrogens with zero attached hydrogens (tertiary/aromatic N) is 1. The summed E-state index contributed by atoms with van der Waals surface area (Å²) in [5.74, 6) is -0.0459. The van der Waals surface area contributed by atoms with Gasteiger partial charge in [-0.05, 0) is 60.8 Å². The van der Waals surface area contributed by atoms with Crippen LogP contribution in [0.3, 0.4) is 0 Å². The molecule has 3 heterocycles. The van der Waals surface area contributed by atoms with Crippen molar-refractivity contribution in [1.82, 2.24) is 4.90 Å². The van der Waals surface area contributed by atoms with Crippen LogP contribution in [0, 0.1) is 11.3 Å². The number of hydrogen-bond donors (Lipinski definition) is 2. The van der Waals surface area contributed by atoms with Crippen LogP contribution in [0.1, 0.15) is 52.0 Å². The molecule has 2 fully saturated rings. The molecule has 178 valence electrons. The van der Waals surface area contributed by atoms with Crippen molar-refractivity contribution in [3.05, 3.63) is 34.3 Å². The minimum absolute atomic E-state index is 0.00565. The first kappa shape index (κ1) is 23.1. The normalized spacial score (nSPS) is 38.3. The third-order valence-electron chi connectivity index (χ3n) is 8.91. The molecule has 4 aliphatic rings. The minimum Gasteiger partial charge on any atom is -0.495 e. The molecule has 2 N–H and O–H groups in total. The summed E-state index contributed by atoms with van der Waals surface area (Å²) >= 11 is 3.67. The van der Waals surface area contributed by atoms with E-state index in [1.165, 1.54) is 6.92 Å². The molecule has 0 radical (unpaired) electrons. The number of ether oxygens (including phenoxy) is 1. The van der Waals surface area contributed by atoms with Crippen molar-refractivity contribution in [2.24, 2.45) is 11.3 Å². The lowest BCUT2D eigenvalue weighted by Crippen LogP contribution is -2.77. The number of aliphatic hydroxyl groups is 1. The highest BCUT2D eigenvalue weighted by Crippen LogP contribution is 2.68. The lowest BCUT2D eigenvalue weighted by atomic mass is 9.43. The lowest BCUT2D eigenvalue weighted by Gasteiger charge is -2.64. The number of Topliss-reactive ketones (excluding diaryl/α,β-unsaturated/α-hetero) is 2. The molecule has 0 amide bonds. The zero-order valence-corrected chi connectivity index (χ0v) is 21.4. The van der Waals surface area contributed by atoms with Gasteiger partial charge in [0.05, 0.1) is 17.6 Å². The topological polar surface area (TPSA) is 78.9 Å². The Kier molecular flexibility index (Phi) is 5.35. The summed E-state index contributed by atoms with van der Waals surface area (Å²) in [7, 11) is 1.64. The number of carbonyl (C=O) groups excluding carboxylic acids is 2. The molecule has 1 saturated heterocycles. The Morgan fingerprint density at radius 1 is 1.33 bits per heavy atom. The molecule has 0 aromatic heterocycles. The van der Waals surface area contributed by atoms with Crippen LogP contribution in [0.2, 0.25) is 0 Å². The van der Waals surface area contributed by atoms with Crippen LogP contribution in [-0.2, 0) is 15.0 Å². The second-order valence-electron chi connectivity index (χ2n) is 10.4. The number of methoxy groups -OCH3 is 1. The van der Waals surface area contributed by atoms with Crippen molar-refractivity contribution < 1.29 is 19.4 Å². The van der Waals surface area contributed by atoms with E-state index < -0.39 is 28.4 Å².